The minimum atomic E-state index is -0.761. The van der Waals surface area contributed by atoms with Gasteiger partial charge in [0.1, 0.15) is 5.41 Å². The fraction of sp³-hybridized carbons (Fsp3) is 0.417. The van der Waals surface area contributed by atoms with Gasteiger partial charge in [-0.1, -0.05) is 23.7 Å². The molecule has 0 saturated carbocycles. The smallest absolute Gasteiger partial charge is 0.318 e. The second-order valence-corrected chi connectivity index (χ2v) is 4.61. The molecule has 1 aliphatic rings. The zero-order valence-corrected chi connectivity index (χ0v) is 10.2. The first-order valence-electron chi connectivity index (χ1n) is 5.27. The maximum Gasteiger partial charge on any atom is 0.318 e. The Morgan fingerprint density at radius 2 is 2.06 bits per heavy atom. The van der Waals surface area contributed by atoms with E-state index in [0.29, 0.717) is 18.2 Å². The molecule has 1 atom stereocenters. The van der Waals surface area contributed by atoms with Crippen LogP contribution in [0.5, 0.6) is 0 Å². The van der Waals surface area contributed by atoms with Crippen molar-refractivity contribution < 1.29 is 14.3 Å². The minimum Gasteiger partial charge on any atom is -0.468 e. The number of ether oxygens (including phenoxy) is 2. The molecule has 0 bridgehead atoms. The SMILES string of the molecule is COC(=O)C1(C(N)c2ccc(Cl)cc2)COC1. The van der Waals surface area contributed by atoms with Crippen molar-refractivity contribution in [1.29, 1.82) is 0 Å². The number of methoxy groups -OCH3 is 1. The van der Waals surface area contributed by atoms with E-state index in [-0.39, 0.29) is 5.97 Å². The van der Waals surface area contributed by atoms with Crippen LogP contribution < -0.4 is 5.73 Å². The van der Waals surface area contributed by atoms with E-state index in [1.807, 2.05) is 12.1 Å². The molecule has 0 amide bonds. The van der Waals surface area contributed by atoms with Gasteiger partial charge >= 0.3 is 5.97 Å². The Balaban J connectivity index is 2.26. The number of esters is 1. The number of halogens is 1. The third-order valence-electron chi connectivity index (χ3n) is 3.14. The zero-order valence-electron chi connectivity index (χ0n) is 9.48. The van der Waals surface area contributed by atoms with Crippen LogP contribution in [0.3, 0.4) is 0 Å². The van der Waals surface area contributed by atoms with Crippen LogP contribution in [-0.2, 0) is 14.3 Å². The summed E-state index contributed by atoms with van der Waals surface area (Å²) in [6.45, 7) is 0.590. The maximum atomic E-state index is 11.8. The Kier molecular flexibility index (Phi) is 3.38. The Morgan fingerprint density at radius 3 is 2.47 bits per heavy atom. The Hall–Kier alpha value is -1.10. The zero-order chi connectivity index (χ0) is 12.5. The van der Waals surface area contributed by atoms with E-state index in [1.54, 1.807) is 12.1 Å². The number of rotatable bonds is 3. The predicted molar refractivity (Wildman–Crippen MR) is 63.6 cm³/mol. The van der Waals surface area contributed by atoms with E-state index < -0.39 is 11.5 Å². The van der Waals surface area contributed by atoms with Crippen molar-refractivity contribution in [1.82, 2.24) is 0 Å². The fourth-order valence-corrected chi connectivity index (χ4v) is 2.06. The molecule has 1 fully saturated rings. The summed E-state index contributed by atoms with van der Waals surface area (Å²) in [5.74, 6) is -0.328. The van der Waals surface area contributed by atoms with Gasteiger partial charge in [-0.15, -0.1) is 0 Å². The first kappa shape index (κ1) is 12.4. The van der Waals surface area contributed by atoms with Gasteiger partial charge in [-0.25, -0.2) is 0 Å². The van der Waals surface area contributed by atoms with Gasteiger partial charge < -0.3 is 15.2 Å². The summed E-state index contributed by atoms with van der Waals surface area (Å²) in [7, 11) is 1.36. The van der Waals surface area contributed by atoms with Crippen LogP contribution in [0.2, 0.25) is 5.02 Å². The van der Waals surface area contributed by atoms with Crippen LogP contribution in [0.25, 0.3) is 0 Å². The minimum absolute atomic E-state index is 0.295. The highest BCUT2D eigenvalue weighted by molar-refractivity contribution is 6.30. The summed E-state index contributed by atoms with van der Waals surface area (Å²) in [6, 6.07) is 6.69. The number of nitrogens with two attached hydrogens (primary N) is 1. The second kappa shape index (κ2) is 4.64. The summed E-state index contributed by atoms with van der Waals surface area (Å²) in [4.78, 5) is 11.8. The molecule has 0 radical (unpaired) electrons. The molecule has 1 saturated heterocycles. The van der Waals surface area contributed by atoms with Crippen molar-refractivity contribution in [3.05, 3.63) is 34.9 Å². The highest BCUT2D eigenvalue weighted by Gasteiger charge is 2.52. The van der Waals surface area contributed by atoms with E-state index in [2.05, 4.69) is 0 Å². The largest absolute Gasteiger partial charge is 0.468 e. The van der Waals surface area contributed by atoms with Crippen LogP contribution >= 0.6 is 11.6 Å². The van der Waals surface area contributed by atoms with Gasteiger partial charge in [-0.2, -0.15) is 0 Å². The molecule has 0 spiro atoms. The summed E-state index contributed by atoms with van der Waals surface area (Å²) in [5, 5.41) is 0.637. The molecule has 17 heavy (non-hydrogen) atoms. The van der Waals surface area contributed by atoms with Crippen molar-refractivity contribution in [2.24, 2.45) is 11.1 Å². The topological polar surface area (TPSA) is 61.5 Å². The monoisotopic (exact) mass is 255 g/mol. The second-order valence-electron chi connectivity index (χ2n) is 4.17. The van der Waals surface area contributed by atoms with Crippen LogP contribution in [0.4, 0.5) is 0 Å². The molecule has 4 nitrogen and oxygen atoms in total. The lowest BCUT2D eigenvalue weighted by molar-refractivity contribution is -0.188. The van der Waals surface area contributed by atoms with Crippen molar-refractivity contribution in [2.45, 2.75) is 6.04 Å². The first-order valence-corrected chi connectivity index (χ1v) is 5.65. The molecule has 0 aromatic heterocycles. The van der Waals surface area contributed by atoms with Gasteiger partial charge in [0.05, 0.1) is 26.4 Å². The molecule has 0 aliphatic carbocycles. The van der Waals surface area contributed by atoms with Gasteiger partial charge in [-0.3, -0.25) is 4.79 Å². The van der Waals surface area contributed by atoms with Crippen LogP contribution in [0, 0.1) is 5.41 Å². The lowest BCUT2D eigenvalue weighted by Gasteiger charge is -2.42. The molecule has 1 aromatic rings. The van der Waals surface area contributed by atoms with E-state index in [4.69, 9.17) is 26.8 Å². The molecule has 2 N–H and O–H groups in total. The molecular weight excluding hydrogens is 242 g/mol. The summed E-state index contributed by atoms with van der Waals surface area (Å²) in [6.07, 6.45) is 0. The third kappa shape index (κ3) is 2.04. The van der Waals surface area contributed by atoms with Crippen LogP contribution in [0.15, 0.2) is 24.3 Å². The Morgan fingerprint density at radius 1 is 1.47 bits per heavy atom. The highest BCUT2D eigenvalue weighted by atomic mass is 35.5. The Bertz CT molecular complexity index is 414. The fourth-order valence-electron chi connectivity index (χ4n) is 1.94. The number of hydrogen-bond donors (Lipinski definition) is 1. The lowest BCUT2D eigenvalue weighted by atomic mass is 9.75. The van der Waals surface area contributed by atoms with Gasteiger partial charge in [-0.05, 0) is 17.7 Å². The molecule has 2 rings (SSSR count). The summed E-state index contributed by atoms with van der Waals surface area (Å²) >= 11 is 5.81. The van der Waals surface area contributed by atoms with Gasteiger partial charge in [0.25, 0.3) is 0 Å². The van der Waals surface area contributed by atoms with Crippen molar-refractivity contribution >= 4 is 17.6 Å². The molecule has 5 heteroatoms. The van der Waals surface area contributed by atoms with E-state index in [1.165, 1.54) is 7.11 Å². The van der Waals surface area contributed by atoms with Crippen LogP contribution in [-0.4, -0.2) is 26.3 Å². The number of carbonyl (C=O) groups excluding carboxylic acids is 1. The molecule has 1 heterocycles. The Labute approximate surface area is 105 Å². The maximum absolute atomic E-state index is 11.8. The molecule has 1 aliphatic heterocycles. The van der Waals surface area contributed by atoms with Crippen molar-refractivity contribution in [3.63, 3.8) is 0 Å². The first-order chi connectivity index (χ1) is 8.10. The average Bonchev–Trinajstić information content (AvgIpc) is 2.28. The number of benzene rings is 1. The van der Waals surface area contributed by atoms with Crippen molar-refractivity contribution in [3.8, 4) is 0 Å². The van der Waals surface area contributed by atoms with E-state index in [0.717, 1.165) is 5.56 Å². The number of carbonyl (C=O) groups is 1. The molecule has 1 unspecified atom stereocenters. The number of hydrogen-bond acceptors (Lipinski definition) is 4. The summed E-state index contributed by atoms with van der Waals surface area (Å²) in [5.41, 5.74) is 6.23. The standard InChI is InChI=1S/C12H14ClNO3/c1-16-11(15)12(6-17-7-12)10(14)8-2-4-9(13)5-3-8/h2-5,10H,6-7,14H2,1H3. The predicted octanol–water partition coefficient (Wildman–Crippen LogP) is 1.53. The quantitative estimate of drug-likeness (QED) is 0.832. The van der Waals surface area contributed by atoms with E-state index in [9.17, 15) is 4.79 Å². The lowest BCUT2D eigenvalue weighted by Crippen LogP contribution is -2.56. The van der Waals surface area contributed by atoms with Gasteiger partial charge in [0, 0.05) is 5.02 Å². The van der Waals surface area contributed by atoms with Crippen molar-refractivity contribution in [2.75, 3.05) is 20.3 Å². The average molecular weight is 256 g/mol. The third-order valence-corrected chi connectivity index (χ3v) is 3.39. The van der Waals surface area contributed by atoms with Gasteiger partial charge in [0.2, 0.25) is 0 Å². The molecular formula is C12H14ClNO3. The van der Waals surface area contributed by atoms with E-state index >= 15 is 0 Å². The molecule has 92 valence electrons. The highest BCUT2D eigenvalue weighted by Crippen LogP contribution is 2.40. The van der Waals surface area contributed by atoms with Crippen LogP contribution in [0.1, 0.15) is 11.6 Å². The summed E-state index contributed by atoms with van der Waals surface area (Å²) < 4.78 is 9.92. The van der Waals surface area contributed by atoms with Gasteiger partial charge in [0.15, 0.2) is 0 Å². The molecule has 1 aromatic carbocycles. The normalized spacial score (nSPS) is 19.2.